The van der Waals surface area contributed by atoms with Gasteiger partial charge in [-0.3, -0.25) is 4.79 Å². The Hall–Kier alpha value is -3.28. The first kappa shape index (κ1) is 21.0. The highest BCUT2D eigenvalue weighted by molar-refractivity contribution is 6.26. The summed E-state index contributed by atoms with van der Waals surface area (Å²) in [5.41, 5.74) is 1.27. The van der Waals surface area contributed by atoms with Crippen molar-refractivity contribution < 1.29 is 28.9 Å². The van der Waals surface area contributed by atoms with E-state index in [2.05, 4.69) is 0 Å². The van der Waals surface area contributed by atoms with E-state index >= 15 is 0 Å². The van der Waals surface area contributed by atoms with E-state index in [0.29, 0.717) is 46.3 Å². The molecule has 1 aliphatic carbocycles. The van der Waals surface area contributed by atoms with Gasteiger partial charge < -0.3 is 19.3 Å². The SMILES string of the molecule is COc1ccc(C(=O)/C(CC2CCCCC2)=C(\C(=O)O)c2ccc3c(c2)OCO3)cc1. The quantitative estimate of drug-likeness (QED) is 0.493. The maximum absolute atomic E-state index is 13.6. The van der Waals surface area contributed by atoms with Gasteiger partial charge in [-0.05, 0) is 54.3 Å². The Labute approximate surface area is 181 Å². The van der Waals surface area contributed by atoms with E-state index in [1.54, 1.807) is 49.6 Å². The number of carbonyl (C=O) groups excluding carboxylic acids is 1. The third-order valence-corrected chi connectivity index (χ3v) is 6.02. The Morgan fingerprint density at radius 1 is 0.968 bits per heavy atom. The van der Waals surface area contributed by atoms with Crippen molar-refractivity contribution in [2.24, 2.45) is 5.92 Å². The van der Waals surface area contributed by atoms with Crippen molar-refractivity contribution in [3.63, 3.8) is 0 Å². The Kier molecular flexibility index (Phi) is 6.26. The van der Waals surface area contributed by atoms with Crippen LogP contribution in [-0.4, -0.2) is 30.8 Å². The van der Waals surface area contributed by atoms with Gasteiger partial charge in [-0.15, -0.1) is 0 Å². The summed E-state index contributed by atoms with van der Waals surface area (Å²) in [4.78, 5) is 26.0. The lowest BCUT2D eigenvalue weighted by atomic mass is 9.81. The highest BCUT2D eigenvalue weighted by Crippen LogP contribution is 2.38. The molecular formula is C25H26O6. The van der Waals surface area contributed by atoms with Gasteiger partial charge in [0, 0.05) is 11.1 Å². The molecule has 6 nitrogen and oxygen atoms in total. The molecule has 0 amide bonds. The molecule has 0 spiro atoms. The molecule has 0 atom stereocenters. The van der Waals surface area contributed by atoms with Gasteiger partial charge in [-0.1, -0.05) is 38.2 Å². The van der Waals surface area contributed by atoms with Gasteiger partial charge in [-0.2, -0.15) is 0 Å². The fourth-order valence-electron chi connectivity index (χ4n) is 4.38. The molecule has 0 bridgehead atoms. The van der Waals surface area contributed by atoms with E-state index in [9.17, 15) is 14.7 Å². The first-order chi connectivity index (χ1) is 15.1. The number of rotatable bonds is 7. The summed E-state index contributed by atoms with van der Waals surface area (Å²) < 4.78 is 16.0. The maximum Gasteiger partial charge on any atom is 0.336 e. The molecule has 0 radical (unpaired) electrons. The summed E-state index contributed by atoms with van der Waals surface area (Å²) in [7, 11) is 1.56. The second-order valence-corrected chi connectivity index (χ2v) is 7.99. The summed E-state index contributed by atoms with van der Waals surface area (Å²) >= 11 is 0. The summed E-state index contributed by atoms with van der Waals surface area (Å²) in [5, 5.41) is 10.2. The lowest BCUT2D eigenvalue weighted by Gasteiger charge is -2.23. The Bertz CT molecular complexity index is 999. The number of carboxylic acid groups (broad SMARTS) is 1. The number of Topliss-reactive ketones (excluding diaryl/α,β-unsaturated/α-hetero) is 1. The lowest BCUT2D eigenvalue weighted by Crippen LogP contribution is -2.16. The second kappa shape index (κ2) is 9.25. The summed E-state index contributed by atoms with van der Waals surface area (Å²) in [6, 6.07) is 11.8. The molecule has 1 saturated carbocycles. The zero-order valence-electron chi connectivity index (χ0n) is 17.6. The minimum Gasteiger partial charge on any atom is -0.497 e. The van der Waals surface area contributed by atoms with Crippen LogP contribution in [-0.2, 0) is 4.79 Å². The number of ketones is 1. The van der Waals surface area contributed by atoms with E-state index in [4.69, 9.17) is 14.2 Å². The standard InChI is InChI=1S/C25H26O6/c1-29-19-10-7-17(8-11-19)24(26)20(13-16-5-3-2-4-6-16)23(25(27)28)18-9-12-21-22(14-18)31-15-30-21/h7-12,14,16H,2-6,13,15H2,1H3,(H,27,28)/b23-20-. The zero-order chi connectivity index (χ0) is 21.8. The molecule has 2 aliphatic rings. The largest absolute Gasteiger partial charge is 0.497 e. The highest BCUT2D eigenvalue weighted by Gasteiger charge is 2.28. The molecule has 2 aromatic carbocycles. The van der Waals surface area contributed by atoms with Crippen molar-refractivity contribution in [3.8, 4) is 17.2 Å². The number of ether oxygens (including phenoxy) is 3. The molecule has 1 N–H and O–H groups in total. The molecule has 31 heavy (non-hydrogen) atoms. The van der Waals surface area contributed by atoms with Crippen LogP contribution in [0.5, 0.6) is 17.2 Å². The Balaban J connectivity index is 1.79. The number of benzene rings is 2. The van der Waals surface area contributed by atoms with E-state index in [-0.39, 0.29) is 18.1 Å². The van der Waals surface area contributed by atoms with Crippen LogP contribution >= 0.6 is 0 Å². The number of hydrogen-bond acceptors (Lipinski definition) is 5. The fourth-order valence-corrected chi connectivity index (χ4v) is 4.38. The van der Waals surface area contributed by atoms with Crippen molar-refractivity contribution >= 4 is 17.3 Å². The van der Waals surface area contributed by atoms with Gasteiger partial charge in [0.2, 0.25) is 6.79 Å². The van der Waals surface area contributed by atoms with Crippen molar-refractivity contribution in [1.82, 2.24) is 0 Å². The minimum atomic E-state index is -1.12. The van der Waals surface area contributed by atoms with E-state index in [0.717, 1.165) is 25.7 Å². The second-order valence-electron chi connectivity index (χ2n) is 7.99. The monoisotopic (exact) mass is 422 g/mol. The predicted octanol–water partition coefficient (Wildman–Crippen LogP) is 5.12. The molecule has 162 valence electrons. The third-order valence-electron chi connectivity index (χ3n) is 6.02. The van der Waals surface area contributed by atoms with Crippen molar-refractivity contribution in [2.45, 2.75) is 38.5 Å². The van der Waals surface area contributed by atoms with Gasteiger partial charge in [0.15, 0.2) is 17.3 Å². The molecule has 0 unspecified atom stereocenters. The smallest absolute Gasteiger partial charge is 0.336 e. The topological polar surface area (TPSA) is 82.1 Å². The maximum atomic E-state index is 13.6. The van der Waals surface area contributed by atoms with Crippen LogP contribution in [0.3, 0.4) is 0 Å². The normalized spacial score (nSPS) is 16.5. The summed E-state index contributed by atoms with van der Waals surface area (Å²) in [6.07, 6.45) is 5.87. The first-order valence-corrected chi connectivity index (χ1v) is 10.6. The van der Waals surface area contributed by atoms with Gasteiger partial charge in [0.25, 0.3) is 0 Å². The van der Waals surface area contributed by atoms with Crippen LogP contribution in [0, 0.1) is 5.92 Å². The van der Waals surface area contributed by atoms with E-state index < -0.39 is 5.97 Å². The molecule has 1 heterocycles. The number of aliphatic carboxylic acids is 1. The Morgan fingerprint density at radius 2 is 1.65 bits per heavy atom. The lowest BCUT2D eigenvalue weighted by molar-refractivity contribution is -0.130. The molecular weight excluding hydrogens is 396 g/mol. The van der Waals surface area contributed by atoms with Crippen LogP contribution < -0.4 is 14.2 Å². The van der Waals surface area contributed by atoms with Crippen molar-refractivity contribution in [3.05, 3.63) is 59.2 Å². The van der Waals surface area contributed by atoms with Gasteiger partial charge in [0.1, 0.15) is 5.75 Å². The highest BCUT2D eigenvalue weighted by atomic mass is 16.7. The number of carbonyl (C=O) groups is 2. The molecule has 4 rings (SSSR count). The fraction of sp³-hybridized carbons (Fsp3) is 0.360. The Morgan fingerprint density at radius 3 is 2.32 bits per heavy atom. The van der Waals surface area contributed by atoms with Crippen LogP contribution in [0.1, 0.15) is 54.4 Å². The van der Waals surface area contributed by atoms with Gasteiger partial charge in [0.05, 0.1) is 12.7 Å². The number of methoxy groups -OCH3 is 1. The zero-order valence-corrected chi connectivity index (χ0v) is 17.6. The van der Waals surface area contributed by atoms with Crippen molar-refractivity contribution in [1.29, 1.82) is 0 Å². The molecule has 0 aromatic heterocycles. The van der Waals surface area contributed by atoms with Crippen LogP contribution in [0.15, 0.2) is 48.0 Å². The number of fused-ring (bicyclic) bond motifs is 1. The average Bonchev–Trinajstić information content (AvgIpc) is 3.27. The first-order valence-electron chi connectivity index (χ1n) is 10.6. The van der Waals surface area contributed by atoms with Crippen molar-refractivity contribution in [2.75, 3.05) is 13.9 Å². The van der Waals surface area contributed by atoms with Crippen LogP contribution in [0.4, 0.5) is 0 Å². The van der Waals surface area contributed by atoms with Crippen LogP contribution in [0.2, 0.25) is 0 Å². The molecule has 6 heteroatoms. The average molecular weight is 422 g/mol. The number of carboxylic acids is 1. The van der Waals surface area contributed by atoms with Gasteiger partial charge in [-0.25, -0.2) is 4.79 Å². The predicted molar refractivity (Wildman–Crippen MR) is 116 cm³/mol. The molecule has 1 aliphatic heterocycles. The summed E-state index contributed by atoms with van der Waals surface area (Å²) in [6.45, 7) is 0.102. The van der Waals surface area contributed by atoms with Crippen LogP contribution in [0.25, 0.3) is 5.57 Å². The van der Waals surface area contributed by atoms with E-state index in [1.807, 2.05) is 0 Å². The van der Waals surface area contributed by atoms with Gasteiger partial charge >= 0.3 is 5.97 Å². The number of hydrogen-bond donors (Lipinski definition) is 1. The molecule has 1 fully saturated rings. The number of allylic oxidation sites excluding steroid dienone is 1. The molecule has 2 aromatic rings. The third kappa shape index (κ3) is 4.58. The summed E-state index contributed by atoms with van der Waals surface area (Å²) in [5.74, 6) is 0.627. The molecule has 0 saturated heterocycles. The van der Waals surface area contributed by atoms with E-state index in [1.165, 1.54) is 6.42 Å². The minimum absolute atomic E-state index is 0.0321.